The molecule has 4 aromatic rings. The number of rotatable bonds is 6. The number of carbonyl (C=O) groups is 1. The van der Waals surface area contributed by atoms with E-state index in [-0.39, 0.29) is 0 Å². The van der Waals surface area contributed by atoms with Gasteiger partial charge in [0.15, 0.2) is 0 Å². The molecule has 0 aliphatic carbocycles. The standard InChI is InChI=1S/C22H23N4O2PS.V/c1-5-13(2)15-6-7-17-12-23-20-21(24-25-26(20)18(17)11-15)30-29(4)19-9-8-16(22(27)28)10-14(19)3;/h6-11,13,25H,5H2,1-4H3,(H,27,28);. The van der Waals surface area contributed by atoms with Crippen LogP contribution in [-0.2, 0) is 17.0 Å². The van der Waals surface area contributed by atoms with Crippen LogP contribution in [0.2, 0.25) is 0 Å². The zero-order valence-electron chi connectivity index (χ0n) is 17.7. The van der Waals surface area contributed by atoms with Gasteiger partial charge < -0.3 is 0 Å². The SMILES string of the molecule is CCC(C)c1ccc2[c](=[V])nc3c(SP(C)c4ccc(C(=O)O)cc4C)n[nH]n3c2c1. The molecule has 0 radical (unpaired) electrons. The second-order valence-corrected chi connectivity index (χ2v) is 12.5. The molecule has 0 saturated heterocycles. The van der Waals surface area contributed by atoms with E-state index in [1.165, 1.54) is 5.56 Å². The monoisotopic (exact) mass is 489 g/mol. The summed E-state index contributed by atoms with van der Waals surface area (Å²) in [7, 11) is -0.641. The van der Waals surface area contributed by atoms with Crippen molar-refractivity contribution in [3.63, 3.8) is 0 Å². The molecular weight excluding hydrogens is 466 g/mol. The first-order valence-corrected chi connectivity index (χ1v) is 13.9. The van der Waals surface area contributed by atoms with Crippen LogP contribution in [0, 0.1) is 10.9 Å². The Hall–Kier alpha value is -1.92. The normalized spacial score (nSPS) is 13.5. The average Bonchev–Trinajstić information content (AvgIpc) is 3.15. The number of hydrogen-bond donors (Lipinski definition) is 2. The average molecular weight is 489 g/mol. The van der Waals surface area contributed by atoms with E-state index in [0.717, 1.165) is 42.9 Å². The van der Waals surface area contributed by atoms with E-state index >= 15 is 0 Å². The summed E-state index contributed by atoms with van der Waals surface area (Å²) in [4.78, 5) is 16.1. The summed E-state index contributed by atoms with van der Waals surface area (Å²) in [6.45, 7) is 8.57. The van der Waals surface area contributed by atoms with Crippen LogP contribution in [0.1, 0.15) is 47.7 Å². The fourth-order valence-electron chi connectivity index (χ4n) is 3.56. The van der Waals surface area contributed by atoms with Crippen molar-refractivity contribution in [3.8, 4) is 0 Å². The molecule has 0 aliphatic heterocycles. The Balaban J connectivity index is 1.75. The number of aromatic amines is 1. The first kappa shape index (κ1) is 22.3. The molecule has 2 heterocycles. The first-order valence-electron chi connectivity index (χ1n) is 9.98. The summed E-state index contributed by atoms with van der Waals surface area (Å²) in [5, 5.41) is 20.0. The molecule has 0 amide bonds. The predicted octanol–water partition coefficient (Wildman–Crippen LogP) is 5.25. The van der Waals surface area contributed by atoms with Crippen molar-refractivity contribution in [3.05, 3.63) is 57.1 Å². The van der Waals surface area contributed by atoms with E-state index in [2.05, 4.69) is 66.0 Å². The number of aromatic carboxylic acids is 1. The number of fused-ring (bicyclic) bond motifs is 3. The van der Waals surface area contributed by atoms with Crippen molar-refractivity contribution in [2.24, 2.45) is 0 Å². The van der Waals surface area contributed by atoms with Crippen molar-refractivity contribution < 1.29 is 26.9 Å². The number of aryl methyl sites for hydroxylation is 1. The number of carboxylic acid groups (broad SMARTS) is 1. The number of carboxylic acids is 1. The molecular formula is C22H23N4O2PSV. The Bertz CT molecular complexity index is 1370. The van der Waals surface area contributed by atoms with E-state index in [0.29, 0.717) is 11.5 Å². The minimum atomic E-state index is -0.904. The summed E-state index contributed by atoms with van der Waals surface area (Å²) in [5.74, 6) is -0.418. The van der Waals surface area contributed by atoms with Crippen molar-refractivity contribution in [2.75, 3.05) is 6.66 Å². The molecule has 2 aromatic carbocycles. The topological polar surface area (TPSA) is 83.3 Å². The third-order valence-corrected chi connectivity index (χ3v) is 9.92. The number of hydrogen-bond acceptors (Lipinski definition) is 4. The van der Waals surface area contributed by atoms with E-state index < -0.39 is 13.1 Å². The molecule has 0 fully saturated rings. The first-order chi connectivity index (χ1) is 14.8. The van der Waals surface area contributed by atoms with Crippen LogP contribution in [0.3, 0.4) is 0 Å². The van der Waals surface area contributed by atoms with E-state index in [1.54, 1.807) is 23.5 Å². The van der Waals surface area contributed by atoms with E-state index in [1.807, 2.05) is 17.5 Å². The van der Waals surface area contributed by atoms with Gasteiger partial charge in [-0.15, -0.1) is 0 Å². The molecule has 2 aromatic heterocycles. The maximum atomic E-state index is 11.2. The van der Waals surface area contributed by atoms with Gasteiger partial charge in [0.2, 0.25) is 0 Å². The number of benzene rings is 2. The molecule has 0 spiro atoms. The van der Waals surface area contributed by atoms with Gasteiger partial charge in [0.05, 0.1) is 0 Å². The Kier molecular flexibility index (Phi) is 6.41. The van der Waals surface area contributed by atoms with Gasteiger partial charge in [-0.1, -0.05) is 0 Å². The molecule has 0 saturated carbocycles. The van der Waals surface area contributed by atoms with Gasteiger partial charge in [-0.3, -0.25) is 0 Å². The number of nitrogens with zero attached hydrogens (tertiary/aromatic N) is 3. The molecule has 159 valence electrons. The zero-order chi connectivity index (χ0) is 22.3. The van der Waals surface area contributed by atoms with Gasteiger partial charge in [0.25, 0.3) is 0 Å². The fraction of sp³-hybridized carbons (Fsp3) is 0.273. The van der Waals surface area contributed by atoms with Gasteiger partial charge in [-0.25, -0.2) is 0 Å². The van der Waals surface area contributed by atoms with Crippen LogP contribution in [0.5, 0.6) is 0 Å². The summed E-state index contributed by atoms with van der Waals surface area (Å²) in [6, 6.07) is 11.9. The molecule has 31 heavy (non-hydrogen) atoms. The van der Waals surface area contributed by atoms with Crippen LogP contribution in [0.15, 0.2) is 41.4 Å². The van der Waals surface area contributed by atoms with Crippen molar-refractivity contribution in [1.29, 1.82) is 0 Å². The second-order valence-electron chi connectivity index (χ2n) is 7.59. The van der Waals surface area contributed by atoms with Crippen LogP contribution in [0.4, 0.5) is 0 Å². The number of H-pyrrole nitrogens is 1. The summed E-state index contributed by atoms with van der Waals surface area (Å²) < 4.78 is 2.88. The zero-order valence-corrected chi connectivity index (χ0v) is 20.9. The Morgan fingerprint density at radius 3 is 2.77 bits per heavy atom. The predicted molar refractivity (Wildman–Crippen MR) is 123 cm³/mol. The molecule has 2 unspecified atom stereocenters. The molecule has 6 nitrogen and oxygen atoms in total. The Morgan fingerprint density at radius 2 is 2.10 bits per heavy atom. The van der Waals surface area contributed by atoms with E-state index in [9.17, 15) is 9.90 Å². The molecule has 9 heteroatoms. The molecule has 0 aliphatic rings. The summed E-state index contributed by atoms with van der Waals surface area (Å²) in [6.07, 6.45) is 1.09. The Morgan fingerprint density at radius 1 is 1.32 bits per heavy atom. The van der Waals surface area contributed by atoms with Gasteiger partial charge >= 0.3 is 195 Å². The van der Waals surface area contributed by atoms with Crippen LogP contribution in [0.25, 0.3) is 16.6 Å². The van der Waals surface area contributed by atoms with Gasteiger partial charge in [-0.2, -0.15) is 0 Å². The Labute approximate surface area is 194 Å². The third-order valence-electron chi connectivity index (χ3n) is 5.56. The van der Waals surface area contributed by atoms with Crippen LogP contribution in [-0.4, -0.2) is 37.6 Å². The van der Waals surface area contributed by atoms with E-state index in [4.69, 9.17) is 4.98 Å². The molecule has 0 bridgehead atoms. The van der Waals surface area contributed by atoms with Gasteiger partial charge in [0.1, 0.15) is 0 Å². The van der Waals surface area contributed by atoms with Crippen LogP contribution >= 0.6 is 18.5 Å². The van der Waals surface area contributed by atoms with Crippen molar-refractivity contribution in [1.82, 2.24) is 19.8 Å². The van der Waals surface area contributed by atoms with Gasteiger partial charge in [-0.05, 0) is 0 Å². The maximum absolute atomic E-state index is 11.2. The molecule has 2 atom stereocenters. The third kappa shape index (κ3) is 4.25. The quantitative estimate of drug-likeness (QED) is 0.362. The number of aromatic nitrogens is 4. The fourth-order valence-corrected chi connectivity index (χ4v) is 7.56. The number of nitrogens with one attached hydrogen (secondary N) is 1. The minimum absolute atomic E-state index is 0.314. The molecule has 4 rings (SSSR count). The van der Waals surface area contributed by atoms with Crippen molar-refractivity contribution in [2.45, 2.75) is 38.1 Å². The molecule has 2 N–H and O–H groups in total. The van der Waals surface area contributed by atoms with Crippen molar-refractivity contribution >= 4 is 46.3 Å². The summed E-state index contributed by atoms with van der Waals surface area (Å²) >= 11 is 4.25. The summed E-state index contributed by atoms with van der Waals surface area (Å²) in [5.41, 5.74) is 4.48. The van der Waals surface area contributed by atoms with Gasteiger partial charge in [0, 0.05) is 0 Å². The van der Waals surface area contributed by atoms with Crippen LogP contribution < -0.4 is 5.30 Å². The second kappa shape index (κ2) is 8.91.